The molecule has 0 amide bonds. The van der Waals surface area contributed by atoms with E-state index in [1.54, 1.807) is 6.92 Å². The van der Waals surface area contributed by atoms with Gasteiger partial charge in [-0.15, -0.1) is 0 Å². The van der Waals surface area contributed by atoms with E-state index in [1.807, 2.05) is 58.0 Å². The summed E-state index contributed by atoms with van der Waals surface area (Å²) in [6.07, 6.45) is 4.99. The van der Waals surface area contributed by atoms with E-state index in [4.69, 9.17) is 14.2 Å². The van der Waals surface area contributed by atoms with Crippen LogP contribution in [0.15, 0.2) is 30.3 Å². The van der Waals surface area contributed by atoms with Crippen molar-refractivity contribution < 1.29 is 23.8 Å². The average molecular weight is 405 g/mol. The molecule has 0 aromatic heterocycles. The molecule has 29 heavy (non-hydrogen) atoms. The molecule has 0 aliphatic heterocycles. The fourth-order valence-corrected chi connectivity index (χ4v) is 3.79. The number of esters is 2. The van der Waals surface area contributed by atoms with E-state index in [2.05, 4.69) is 0 Å². The van der Waals surface area contributed by atoms with Gasteiger partial charge in [0.15, 0.2) is 0 Å². The number of rotatable bonds is 8. The normalized spacial score (nSPS) is 18.4. The van der Waals surface area contributed by atoms with Crippen LogP contribution in [0.25, 0.3) is 0 Å². The molecule has 162 valence electrons. The lowest BCUT2D eigenvalue weighted by Gasteiger charge is -2.34. The van der Waals surface area contributed by atoms with Gasteiger partial charge in [-0.1, -0.05) is 44.4 Å². The zero-order chi connectivity index (χ0) is 21.4. The molecule has 1 aliphatic rings. The second kappa shape index (κ2) is 10.7. The predicted molar refractivity (Wildman–Crippen MR) is 113 cm³/mol. The zero-order valence-electron chi connectivity index (χ0n) is 18.5. The summed E-state index contributed by atoms with van der Waals surface area (Å²) in [4.78, 5) is 24.8. The second-order valence-electron chi connectivity index (χ2n) is 9.13. The van der Waals surface area contributed by atoms with Crippen LogP contribution in [0.1, 0.15) is 73.1 Å². The molecule has 0 heterocycles. The van der Waals surface area contributed by atoms with Gasteiger partial charge in [0.25, 0.3) is 0 Å². The van der Waals surface area contributed by atoms with E-state index in [9.17, 15) is 9.59 Å². The van der Waals surface area contributed by atoms with Crippen LogP contribution in [0.2, 0.25) is 0 Å². The van der Waals surface area contributed by atoms with Gasteiger partial charge in [0, 0.05) is 0 Å². The Morgan fingerprint density at radius 2 is 1.66 bits per heavy atom. The molecule has 1 aromatic carbocycles. The summed E-state index contributed by atoms with van der Waals surface area (Å²) in [7, 11) is 0. The molecule has 3 atom stereocenters. The van der Waals surface area contributed by atoms with Gasteiger partial charge in [-0.05, 0) is 58.6 Å². The Morgan fingerprint density at radius 3 is 2.24 bits per heavy atom. The van der Waals surface area contributed by atoms with Crippen molar-refractivity contribution in [3.05, 3.63) is 30.3 Å². The van der Waals surface area contributed by atoms with Crippen molar-refractivity contribution in [2.24, 2.45) is 11.8 Å². The van der Waals surface area contributed by atoms with Gasteiger partial charge >= 0.3 is 11.9 Å². The first-order chi connectivity index (χ1) is 13.7. The van der Waals surface area contributed by atoms with Crippen molar-refractivity contribution in [1.29, 1.82) is 0 Å². The first kappa shape index (κ1) is 23.2. The Labute approximate surface area is 175 Å². The molecular formula is C24H36O5. The molecule has 1 saturated carbocycles. The Morgan fingerprint density at radius 1 is 1.03 bits per heavy atom. The zero-order valence-corrected chi connectivity index (χ0v) is 18.5. The minimum absolute atomic E-state index is 0.0153. The van der Waals surface area contributed by atoms with E-state index >= 15 is 0 Å². The maximum absolute atomic E-state index is 12.8. The summed E-state index contributed by atoms with van der Waals surface area (Å²) < 4.78 is 17.4. The highest BCUT2D eigenvalue weighted by Crippen LogP contribution is 2.31. The third-order valence-corrected chi connectivity index (χ3v) is 5.19. The molecule has 5 heteroatoms. The first-order valence-electron chi connectivity index (χ1n) is 10.8. The summed E-state index contributed by atoms with van der Waals surface area (Å²) in [5.41, 5.74) is -0.566. The van der Waals surface area contributed by atoms with E-state index in [0.717, 1.165) is 31.4 Å². The van der Waals surface area contributed by atoms with Crippen LogP contribution in [-0.2, 0) is 19.1 Å². The molecule has 0 saturated heterocycles. The van der Waals surface area contributed by atoms with Crippen molar-refractivity contribution in [2.75, 3.05) is 0 Å². The largest absolute Gasteiger partial charge is 0.487 e. The van der Waals surface area contributed by atoms with Gasteiger partial charge in [-0.2, -0.15) is 0 Å². The lowest BCUT2D eigenvalue weighted by molar-refractivity contribution is -0.168. The molecule has 0 N–H and O–H groups in total. The molecule has 0 radical (unpaired) electrons. The van der Waals surface area contributed by atoms with Crippen LogP contribution in [0, 0.1) is 11.8 Å². The number of hydrogen-bond donors (Lipinski definition) is 0. The number of carbonyl (C=O) groups is 2. The van der Waals surface area contributed by atoms with Gasteiger partial charge in [0.05, 0.1) is 12.3 Å². The van der Waals surface area contributed by atoms with Crippen LogP contribution in [-0.4, -0.2) is 29.7 Å². The van der Waals surface area contributed by atoms with Crippen LogP contribution in [0.3, 0.4) is 0 Å². The molecule has 0 bridgehead atoms. The summed E-state index contributed by atoms with van der Waals surface area (Å²) in [6, 6.07) is 9.59. The van der Waals surface area contributed by atoms with Gasteiger partial charge < -0.3 is 14.2 Å². The molecule has 2 rings (SSSR count). The quantitative estimate of drug-likeness (QED) is 0.549. The van der Waals surface area contributed by atoms with E-state index in [1.165, 1.54) is 6.42 Å². The third-order valence-electron chi connectivity index (χ3n) is 5.19. The van der Waals surface area contributed by atoms with Gasteiger partial charge in [0.2, 0.25) is 0 Å². The Bertz CT molecular complexity index is 643. The summed E-state index contributed by atoms with van der Waals surface area (Å²) in [6.45, 7) is 9.12. The van der Waals surface area contributed by atoms with Gasteiger partial charge in [-0.25, -0.2) is 0 Å². The second-order valence-corrected chi connectivity index (χ2v) is 9.13. The highest BCUT2D eigenvalue weighted by atomic mass is 16.6. The van der Waals surface area contributed by atoms with E-state index in [-0.39, 0.29) is 36.5 Å². The standard InChI is InChI=1S/C24H36O5/c1-17(16-21(25)29-24(3,4)5)23(26)28-22(19-12-8-6-9-13-19)18(2)27-20-14-10-7-11-15-20/h7,10-11,14-15,17-19,22H,6,8-9,12-13,16H2,1-5H3/t17-,18+,22+/m1/s1. The number of hydrogen-bond acceptors (Lipinski definition) is 5. The summed E-state index contributed by atoms with van der Waals surface area (Å²) >= 11 is 0. The molecule has 5 nitrogen and oxygen atoms in total. The monoisotopic (exact) mass is 404 g/mol. The van der Waals surface area contributed by atoms with E-state index < -0.39 is 11.5 Å². The fourth-order valence-electron chi connectivity index (χ4n) is 3.79. The number of carbonyl (C=O) groups excluding carboxylic acids is 2. The molecule has 1 aromatic rings. The predicted octanol–water partition coefficient (Wildman–Crippen LogP) is 5.31. The van der Waals surface area contributed by atoms with Crippen molar-refractivity contribution >= 4 is 11.9 Å². The van der Waals surface area contributed by atoms with E-state index in [0.29, 0.717) is 0 Å². The van der Waals surface area contributed by atoms with Crippen LogP contribution in [0.5, 0.6) is 5.75 Å². The summed E-state index contributed by atoms with van der Waals surface area (Å²) in [5.74, 6) is -0.265. The lowest BCUT2D eigenvalue weighted by atomic mass is 9.83. The van der Waals surface area contributed by atoms with Crippen molar-refractivity contribution in [1.82, 2.24) is 0 Å². The molecule has 0 spiro atoms. The highest BCUT2D eigenvalue weighted by molar-refractivity contribution is 5.80. The topological polar surface area (TPSA) is 61.8 Å². The van der Waals surface area contributed by atoms with Crippen LogP contribution in [0.4, 0.5) is 0 Å². The first-order valence-corrected chi connectivity index (χ1v) is 10.8. The van der Waals surface area contributed by atoms with Gasteiger partial charge in [0.1, 0.15) is 23.6 Å². The highest BCUT2D eigenvalue weighted by Gasteiger charge is 2.34. The Kier molecular flexibility index (Phi) is 8.54. The Hall–Kier alpha value is -2.04. The average Bonchev–Trinajstić information content (AvgIpc) is 2.65. The third kappa shape index (κ3) is 8.08. The maximum Gasteiger partial charge on any atom is 0.309 e. The van der Waals surface area contributed by atoms with Gasteiger partial charge in [-0.3, -0.25) is 9.59 Å². The molecular weight excluding hydrogens is 368 g/mol. The smallest absolute Gasteiger partial charge is 0.309 e. The minimum atomic E-state index is -0.566. The van der Waals surface area contributed by atoms with Crippen molar-refractivity contribution in [3.63, 3.8) is 0 Å². The van der Waals surface area contributed by atoms with Crippen molar-refractivity contribution in [2.45, 2.75) is 91.0 Å². The molecule has 0 unspecified atom stereocenters. The SMILES string of the molecule is C[C@H](CC(=O)OC(C)(C)C)C(=O)O[C@H](C1CCCCC1)[C@H](C)Oc1ccccc1. The Balaban J connectivity index is 2.02. The minimum Gasteiger partial charge on any atom is -0.487 e. The lowest BCUT2D eigenvalue weighted by Crippen LogP contribution is -2.41. The number of para-hydroxylation sites is 1. The number of benzene rings is 1. The molecule has 1 fully saturated rings. The molecule has 1 aliphatic carbocycles. The number of ether oxygens (including phenoxy) is 3. The maximum atomic E-state index is 12.8. The fraction of sp³-hybridized carbons (Fsp3) is 0.667. The van der Waals surface area contributed by atoms with Crippen LogP contribution < -0.4 is 4.74 Å². The summed E-state index contributed by atoms with van der Waals surface area (Å²) in [5, 5.41) is 0. The van der Waals surface area contributed by atoms with Crippen molar-refractivity contribution in [3.8, 4) is 5.75 Å². The van der Waals surface area contributed by atoms with Crippen LogP contribution >= 0.6 is 0 Å².